The lowest BCUT2D eigenvalue weighted by Crippen LogP contribution is -2.30. The molecule has 1 aromatic rings. The number of carbonyl (C=O) groups excluding carboxylic acids is 2. The standard InChI is InChI=1S/C15H23N3O3/c1-3-21-15(20)17-11-5-4-10-16-14(19)18-13-8-6-12(2)7-9-13/h6-9H,3-5,10-11H2,1-2H3,(H,17,20)(H2,16,18,19). The Balaban J connectivity index is 2.06. The molecule has 0 heterocycles. The monoisotopic (exact) mass is 293 g/mol. The number of amides is 3. The minimum absolute atomic E-state index is 0.225. The molecule has 6 nitrogen and oxygen atoms in total. The van der Waals surface area contributed by atoms with Crippen molar-refractivity contribution in [2.75, 3.05) is 25.0 Å². The van der Waals surface area contributed by atoms with Crippen LogP contribution in [0.15, 0.2) is 24.3 Å². The number of unbranched alkanes of at least 4 members (excludes halogenated alkanes) is 1. The quantitative estimate of drug-likeness (QED) is 0.676. The predicted molar refractivity (Wildman–Crippen MR) is 82.5 cm³/mol. The maximum absolute atomic E-state index is 11.6. The van der Waals surface area contributed by atoms with E-state index in [-0.39, 0.29) is 6.03 Å². The molecule has 0 aliphatic carbocycles. The van der Waals surface area contributed by atoms with Crippen molar-refractivity contribution in [3.8, 4) is 0 Å². The first-order valence-corrected chi connectivity index (χ1v) is 7.14. The minimum Gasteiger partial charge on any atom is -0.450 e. The Bertz CT molecular complexity index is 446. The molecule has 6 heteroatoms. The summed E-state index contributed by atoms with van der Waals surface area (Å²) >= 11 is 0. The predicted octanol–water partition coefficient (Wildman–Crippen LogP) is 2.64. The van der Waals surface area contributed by atoms with Crippen molar-refractivity contribution in [1.82, 2.24) is 10.6 Å². The van der Waals surface area contributed by atoms with Gasteiger partial charge in [-0.2, -0.15) is 0 Å². The second kappa shape index (κ2) is 9.63. The van der Waals surface area contributed by atoms with Crippen LogP contribution in [0.5, 0.6) is 0 Å². The molecule has 1 aromatic carbocycles. The topological polar surface area (TPSA) is 79.5 Å². The number of urea groups is 1. The van der Waals surface area contributed by atoms with Gasteiger partial charge in [0.1, 0.15) is 0 Å². The van der Waals surface area contributed by atoms with E-state index in [0.717, 1.165) is 24.1 Å². The molecule has 0 fully saturated rings. The van der Waals surface area contributed by atoms with E-state index in [0.29, 0.717) is 19.7 Å². The number of benzene rings is 1. The van der Waals surface area contributed by atoms with Crippen LogP contribution >= 0.6 is 0 Å². The second-order valence-electron chi connectivity index (χ2n) is 4.60. The van der Waals surface area contributed by atoms with Gasteiger partial charge in [0.05, 0.1) is 6.61 Å². The van der Waals surface area contributed by atoms with Gasteiger partial charge in [0.2, 0.25) is 0 Å². The maximum atomic E-state index is 11.6. The first-order valence-electron chi connectivity index (χ1n) is 7.14. The normalized spacial score (nSPS) is 9.81. The molecule has 0 aliphatic heterocycles. The average molecular weight is 293 g/mol. The van der Waals surface area contributed by atoms with Crippen molar-refractivity contribution in [2.24, 2.45) is 0 Å². The Hall–Kier alpha value is -2.24. The lowest BCUT2D eigenvalue weighted by Gasteiger charge is -2.08. The molecule has 0 saturated heterocycles. The lowest BCUT2D eigenvalue weighted by atomic mass is 10.2. The number of anilines is 1. The second-order valence-corrected chi connectivity index (χ2v) is 4.60. The molecule has 0 aliphatic rings. The summed E-state index contributed by atoms with van der Waals surface area (Å²) in [6.07, 6.45) is 1.17. The summed E-state index contributed by atoms with van der Waals surface area (Å²) in [7, 11) is 0. The highest BCUT2D eigenvalue weighted by Gasteiger charge is 2.01. The zero-order valence-corrected chi connectivity index (χ0v) is 12.6. The molecule has 3 amide bonds. The molecule has 0 saturated carbocycles. The SMILES string of the molecule is CCOC(=O)NCCCCNC(=O)Nc1ccc(C)cc1. The highest BCUT2D eigenvalue weighted by molar-refractivity contribution is 5.89. The van der Waals surface area contributed by atoms with Gasteiger partial charge in [-0.15, -0.1) is 0 Å². The molecular weight excluding hydrogens is 270 g/mol. The number of nitrogens with one attached hydrogen (secondary N) is 3. The van der Waals surface area contributed by atoms with Crippen LogP contribution in [0.4, 0.5) is 15.3 Å². The molecule has 21 heavy (non-hydrogen) atoms. The van der Waals surface area contributed by atoms with Crippen LogP contribution in [0, 0.1) is 6.92 Å². The van der Waals surface area contributed by atoms with Gasteiger partial charge in [0, 0.05) is 18.8 Å². The summed E-state index contributed by atoms with van der Waals surface area (Å²) in [5.41, 5.74) is 1.91. The average Bonchev–Trinajstić information content (AvgIpc) is 2.45. The van der Waals surface area contributed by atoms with Crippen molar-refractivity contribution >= 4 is 17.8 Å². The van der Waals surface area contributed by atoms with Crippen molar-refractivity contribution < 1.29 is 14.3 Å². The Morgan fingerprint density at radius 1 is 1.05 bits per heavy atom. The number of hydrogen-bond acceptors (Lipinski definition) is 3. The third-order valence-corrected chi connectivity index (χ3v) is 2.74. The first kappa shape index (κ1) is 16.8. The number of rotatable bonds is 7. The Morgan fingerprint density at radius 2 is 1.67 bits per heavy atom. The van der Waals surface area contributed by atoms with E-state index in [2.05, 4.69) is 16.0 Å². The van der Waals surface area contributed by atoms with Crippen molar-refractivity contribution in [2.45, 2.75) is 26.7 Å². The van der Waals surface area contributed by atoms with Crippen LogP contribution in [-0.2, 0) is 4.74 Å². The molecule has 0 atom stereocenters. The van der Waals surface area contributed by atoms with Crippen LogP contribution in [0.3, 0.4) is 0 Å². The number of hydrogen-bond donors (Lipinski definition) is 3. The molecule has 0 unspecified atom stereocenters. The summed E-state index contributed by atoms with van der Waals surface area (Å²) in [6.45, 7) is 5.22. The Morgan fingerprint density at radius 3 is 2.29 bits per heavy atom. The van der Waals surface area contributed by atoms with Crippen LogP contribution in [0.25, 0.3) is 0 Å². The Kier molecular flexibility index (Phi) is 7.71. The van der Waals surface area contributed by atoms with E-state index in [1.54, 1.807) is 6.92 Å². The van der Waals surface area contributed by atoms with Gasteiger partial charge < -0.3 is 20.7 Å². The van der Waals surface area contributed by atoms with Gasteiger partial charge in [0.15, 0.2) is 0 Å². The van der Waals surface area contributed by atoms with Gasteiger partial charge in [-0.05, 0) is 38.8 Å². The third kappa shape index (κ3) is 7.81. The summed E-state index contributed by atoms with van der Waals surface area (Å²) in [5.74, 6) is 0. The summed E-state index contributed by atoms with van der Waals surface area (Å²) in [6, 6.07) is 7.38. The fraction of sp³-hybridized carbons (Fsp3) is 0.467. The molecule has 0 spiro atoms. The first-order chi connectivity index (χ1) is 10.1. The molecule has 1 rings (SSSR count). The van der Waals surface area contributed by atoms with Gasteiger partial charge >= 0.3 is 12.1 Å². The van der Waals surface area contributed by atoms with Gasteiger partial charge in [0.25, 0.3) is 0 Å². The number of ether oxygens (including phenoxy) is 1. The molecular formula is C15H23N3O3. The lowest BCUT2D eigenvalue weighted by molar-refractivity contribution is 0.152. The number of carbonyl (C=O) groups is 2. The van der Waals surface area contributed by atoms with E-state index in [1.165, 1.54) is 0 Å². The summed E-state index contributed by atoms with van der Waals surface area (Å²) in [4.78, 5) is 22.6. The van der Waals surface area contributed by atoms with E-state index in [9.17, 15) is 9.59 Å². The maximum Gasteiger partial charge on any atom is 0.407 e. The van der Waals surface area contributed by atoms with Crippen molar-refractivity contribution in [3.05, 3.63) is 29.8 Å². The summed E-state index contributed by atoms with van der Waals surface area (Å²) < 4.78 is 4.73. The van der Waals surface area contributed by atoms with Crippen LogP contribution in [-0.4, -0.2) is 31.8 Å². The summed E-state index contributed by atoms with van der Waals surface area (Å²) in [5, 5.41) is 8.15. The molecule has 0 radical (unpaired) electrons. The third-order valence-electron chi connectivity index (χ3n) is 2.74. The van der Waals surface area contributed by atoms with Crippen LogP contribution < -0.4 is 16.0 Å². The van der Waals surface area contributed by atoms with Crippen LogP contribution in [0.2, 0.25) is 0 Å². The largest absolute Gasteiger partial charge is 0.450 e. The molecule has 0 aromatic heterocycles. The van der Waals surface area contributed by atoms with Crippen molar-refractivity contribution in [1.29, 1.82) is 0 Å². The number of aryl methyl sites for hydroxylation is 1. The molecule has 3 N–H and O–H groups in total. The minimum atomic E-state index is -0.400. The highest BCUT2D eigenvalue weighted by Crippen LogP contribution is 2.07. The fourth-order valence-corrected chi connectivity index (χ4v) is 1.64. The van der Waals surface area contributed by atoms with E-state index in [1.807, 2.05) is 31.2 Å². The van der Waals surface area contributed by atoms with E-state index < -0.39 is 6.09 Å². The van der Waals surface area contributed by atoms with Crippen molar-refractivity contribution in [3.63, 3.8) is 0 Å². The smallest absolute Gasteiger partial charge is 0.407 e. The Labute approximate surface area is 125 Å². The number of alkyl carbamates (subject to hydrolysis) is 1. The molecule has 116 valence electrons. The van der Waals surface area contributed by atoms with Gasteiger partial charge in [-0.25, -0.2) is 9.59 Å². The van der Waals surface area contributed by atoms with Gasteiger partial charge in [-0.1, -0.05) is 17.7 Å². The zero-order chi connectivity index (χ0) is 15.5. The molecule has 0 bridgehead atoms. The van der Waals surface area contributed by atoms with Crippen LogP contribution in [0.1, 0.15) is 25.3 Å². The highest BCUT2D eigenvalue weighted by atomic mass is 16.5. The van der Waals surface area contributed by atoms with Gasteiger partial charge in [-0.3, -0.25) is 0 Å². The van der Waals surface area contributed by atoms with E-state index in [4.69, 9.17) is 4.74 Å². The fourth-order valence-electron chi connectivity index (χ4n) is 1.64. The van der Waals surface area contributed by atoms with E-state index >= 15 is 0 Å². The zero-order valence-electron chi connectivity index (χ0n) is 12.6.